The number of anilines is 1. The highest BCUT2D eigenvalue weighted by molar-refractivity contribution is 6.05. The van der Waals surface area contributed by atoms with E-state index in [4.69, 9.17) is 10.5 Å². The number of rotatable bonds is 0. The van der Waals surface area contributed by atoms with Crippen molar-refractivity contribution in [2.24, 2.45) is 0 Å². The number of allylic oxidation sites excluding steroid dienone is 2. The second-order valence-electron chi connectivity index (χ2n) is 6.51. The van der Waals surface area contributed by atoms with Crippen molar-refractivity contribution in [3.63, 3.8) is 0 Å². The zero-order valence-electron chi connectivity index (χ0n) is 13.9. The summed E-state index contributed by atoms with van der Waals surface area (Å²) in [5.74, 6) is 0. The zero-order chi connectivity index (χ0) is 16.4. The third-order valence-electron chi connectivity index (χ3n) is 4.91. The van der Waals surface area contributed by atoms with Crippen molar-refractivity contribution in [1.29, 1.82) is 0 Å². The average molecular weight is 317 g/mol. The highest BCUT2D eigenvalue weighted by atomic mass is 16.5. The Hall–Kier alpha value is -2.48. The average Bonchev–Trinajstić information content (AvgIpc) is 3.21. The Labute approximate surface area is 143 Å². The molecule has 2 N–H and O–H groups in total. The quantitative estimate of drug-likeness (QED) is 0.673. The zero-order valence-corrected chi connectivity index (χ0v) is 13.9. The molecule has 0 atom stereocenters. The molecule has 5 rings (SSSR count). The highest BCUT2D eigenvalue weighted by Gasteiger charge is 2.16. The first-order valence-electron chi connectivity index (χ1n) is 8.81. The van der Waals surface area contributed by atoms with Gasteiger partial charge < -0.3 is 10.5 Å². The second-order valence-corrected chi connectivity index (χ2v) is 6.51. The van der Waals surface area contributed by atoms with Crippen LogP contribution in [0.15, 0.2) is 42.7 Å². The fraction of sp³-hybridized carbons (Fsp3) is 0.273. The van der Waals surface area contributed by atoms with E-state index in [-0.39, 0.29) is 0 Å². The van der Waals surface area contributed by atoms with Gasteiger partial charge in [0.1, 0.15) is 0 Å². The number of hydrogen-bond donors (Lipinski definition) is 1. The minimum atomic E-state index is 0.889. The van der Waals surface area contributed by atoms with Gasteiger partial charge in [-0.2, -0.15) is 0 Å². The largest absolute Gasteiger partial charge is 0.501 e. The number of ether oxygens (including phenoxy) is 1. The first-order chi connectivity index (χ1) is 11.8. The Bertz CT molecular complexity index is 852. The lowest BCUT2D eigenvalue weighted by atomic mass is 9.86. The predicted octanol–water partition coefficient (Wildman–Crippen LogP) is 5.26. The van der Waals surface area contributed by atoms with Gasteiger partial charge in [0.2, 0.25) is 0 Å². The van der Waals surface area contributed by atoms with Crippen molar-refractivity contribution in [1.82, 2.24) is 0 Å². The number of aryl methyl sites for hydroxylation is 2. The van der Waals surface area contributed by atoms with Crippen LogP contribution in [0.5, 0.6) is 0 Å². The van der Waals surface area contributed by atoms with Gasteiger partial charge in [0.05, 0.1) is 12.9 Å². The third-order valence-corrected chi connectivity index (χ3v) is 4.91. The molecule has 0 amide bonds. The van der Waals surface area contributed by atoms with Gasteiger partial charge in [0, 0.05) is 17.5 Å². The molecular weight excluding hydrogens is 294 g/mol. The minimum absolute atomic E-state index is 0.889. The van der Waals surface area contributed by atoms with Crippen molar-refractivity contribution in [2.75, 3.05) is 12.3 Å². The molecule has 24 heavy (non-hydrogen) atoms. The molecule has 122 valence electrons. The molecule has 0 aromatic heterocycles. The van der Waals surface area contributed by atoms with Gasteiger partial charge in [-0.05, 0) is 65.5 Å². The number of nitrogen functional groups attached to an aromatic ring is 1. The molecule has 0 saturated heterocycles. The summed E-state index contributed by atoms with van der Waals surface area (Å²) in [4.78, 5) is 0. The molecule has 3 aliphatic rings. The normalized spacial score (nSPS) is 17.0. The topological polar surface area (TPSA) is 35.2 Å². The van der Waals surface area contributed by atoms with Gasteiger partial charge in [0.25, 0.3) is 0 Å². The summed E-state index contributed by atoms with van der Waals surface area (Å²) in [5.41, 5.74) is 12.8. The smallest absolute Gasteiger partial charge is 0.0908 e. The van der Waals surface area contributed by atoms with Crippen LogP contribution in [0, 0.1) is 0 Å². The molecule has 0 bridgehead atoms. The van der Waals surface area contributed by atoms with E-state index < -0.39 is 0 Å². The number of fused-ring (bicyclic) bond motifs is 5. The molecule has 2 aromatic rings. The van der Waals surface area contributed by atoms with Gasteiger partial charge in [0.15, 0.2) is 0 Å². The van der Waals surface area contributed by atoms with E-state index in [0.717, 1.165) is 44.4 Å². The monoisotopic (exact) mass is 317 g/mol. The summed E-state index contributed by atoms with van der Waals surface area (Å²) in [6.07, 6.45) is 18.4. The van der Waals surface area contributed by atoms with Crippen molar-refractivity contribution in [3.05, 3.63) is 64.9 Å². The molecule has 0 radical (unpaired) electrons. The lowest BCUT2D eigenvalue weighted by Crippen LogP contribution is -2.02. The van der Waals surface area contributed by atoms with Crippen molar-refractivity contribution >= 4 is 28.6 Å². The maximum absolute atomic E-state index is 6.35. The van der Waals surface area contributed by atoms with Crippen molar-refractivity contribution in [2.45, 2.75) is 32.1 Å². The lowest BCUT2D eigenvalue weighted by Gasteiger charge is -2.20. The molecule has 2 aliphatic carbocycles. The molecule has 0 spiro atoms. The third kappa shape index (κ3) is 2.73. The van der Waals surface area contributed by atoms with E-state index >= 15 is 0 Å². The Balaban J connectivity index is 0.000000252. The van der Waals surface area contributed by atoms with Crippen LogP contribution in [-0.4, -0.2) is 6.61 Å². The second kappa shape index (κ2) is 6.56. The lowest BCUT2D eigenvalue weighted by molar-refractivity contribution is 0.281. The van der Waals surface area contributed by atoms with E-state index in [1.807, 2.05) is 6.08 Å². The number of nitrogens with two attached hydrogens (primary N) is 1. The van der Waals surface area contributed by atoms with E-state index in [9.17, 15) is 0 Å². The highest BCUT2D eigenvalue weighted by Crippen LogP contribution is 2.37. The van der Waals surface area contributed by atoms with Crippen LogP contribution in [0.4, 0.5) is 5.69 Å². The standard InChI is InChI=1S/C18H17N.C4H6O/c19-17-11-13-6-2-3-7-14(13)16-10-9-12-5-1-4-8-15(12)18(16)17;1-2-4-5-3-1/h3-4,7-11H,1-2,5-6,19H2;1,3H,2,4H2. The molecule has 0 saturated carbocycles. The maximum Gasteiger partial charge on any atom is 0.0908 e. The summed E-state index contributed by atoms with van der Waals surface area (Å²) >= 11 is 0. The molecule has 0 unspecified atom stereocenters. The summed E-state index contributed by atoms with van der Waals surface area (Å²) in [7, 11) is 0. The van der Waals surface area contributed by atoms with E-state index in [0.29, 0.717) is 0 Å². The van der Waals surface area contributed by atoms with Crippen LogP contribution >= 0.6 is 0 Å². The number of benzene rings is 2. The summed E-state index contributed by atoms with van der Waals surface area (Å²) < 4.78 is 4.76. The van der Waals surface area contributed by atoms with E-state index in [1.165, 1.54) is 33.0 Å². The van der Waals surface area contributed by atoms with Crippen LogP contribution in [0.1, 0.15) is 41.5 Å². The Morgan fingerprint density at radius 1 is 0.833 bits per heavy atom. The Morgan fingerprint density at radius 3 is 2.33 bits per heavy atom. The predicted molar refractivity (Wildman–Crippen MR) is 103 cm³/mol. The molecule has 0 fully saturated rings. The van der Waals surface area contributed by atoms with Crippen molar-refractivity contribution in [3.8, 4) is 0 Å². The Morgan fingerprint density at radius 2 is 1.62 bits per heavy atom. The van der Waals surface area contributed by atoms with Gasteiger partial charge in [-0.3, -0.25) is 0 Å². The van der Waals surface area contributed by atoms with Crippen LogP contribution in [-0.2, 0) is 17.6 Å². The first-order valence-corrected chi connectivity index (χ1v) is 8.81. The molecule has 2 heteroatoms. The van der Waals surface area contributed by atoms with Crippen LogP contribution in [0.2, 0.25) is 0 Å². The Kier molecular flexibility index (Phi) is 4.12. The molecule has 1 heterocycles. The van der Waals surface area contributed by atoms with Crippen LogP contribution < -0.4 is 5.73 Å². The van der Waals surface area contributed by atoms with Gasteiger partial charge >= 0.3 is 0 Å². The fourth-order valence-corrected chi connectivity index (χ4v) is 3.74. The van der Waals surface area contributed by atoms with Crippen LogP contribution in [0.3, 0.4) is 0 Å². The molecular formula is C22H23NO. The molecule has 2 aromatic carbocycles. The fourth-order valence-electron chi connectivity index (χ4n) is 3.74. The SMILES string of the molecule is C1=COCC1.Nc1cc2c(c3ccc4c(c13)C=CCC4)C=CCC2. The summed E-state index contributed by atoms with van der Waals surface area (Å²) in [6.45, 7) is 0.889. The summed E-state index contributed by atoms with van der Waals surface area (Å²) in [6, 6.07) is 6.73. The molecule has 1 aliphatic heterocycles. The van der Waals surface area contributed by atoms with E-state index in [2.05, 4.69) is 42.5 Å². The minimum Gasteiger partial charge on any atom is -0.501 e. The number of hydrogen-bond acceptors (Lipinski definition) is 2. The van der Waals surface area contributed by atoms with Gasteiger partial charge in [-0.15, -0.1) is 0 Å². The van der Waals surface area contributed by atoms with Crippen LogP contribution in [0.25, 0.3) is 22.9 Å². The summed E-state index contributed by atoms with van der Waals surface area (Å²) in [5, 5.41) is 2.56. The first kappa shape index (κ1) is 15.1. The molecule has 2 nitrogen and oxygen atoms in total. The van der Waals surface area contributed by atoms with E-state index in [1.54, 1.807) is 6.26 Å². The van der Waals surface area contributed by atoms with Gasteiger partial charge in [-0.25, -0.2) is 0 Å². The maximum atomic E-state index is 6.35. The van der Waals surface area contributed by atoms with Gasteiger partial charge in [-0.1, -0.05) is 36.4 Å². The van der Waals surface area contributed by atoms with Crippen molar-refractivity contribution < 1.29 is 4.74 Å².